The minimum absolute atomic E-state index is 0.675. The number of nitrogens with one attached hydrogen (secondary N) is 2. The standard InChI is InChI=1S/C18H12Cl2N2/c19-12-6-7-14(20)13(10-12)11-5-8-17-18(9-11)22-16-4-2-1-3-15(16)21-17/h1-10,21-22H. The number of anilines is 4. The Morgan fingerprint density at radius 3 is 2.09 bits per heavy atom. The van der Waals surface area contributed by atoms with Crippen molar-refractivity contribution in [2.75, 3.05) is 10.6 Å². The number of para-hydroxylation sites is 2. The van der Waals surface area contributed by atoms with E-state index in [2.05, 4.69) is 16.7 Å². The summed E-state index contributed by atoms with van der Waals surface area (Å²) in [5, 5.41) is 8.23. The first-order chi connectivity index (χ1) is 10.7. The van der Waals surface area contributed by atoms with Crippen LogP contribution < -0.4 is 10.6 Å². The van der Waals surface area contributed by atoms with E-state index < -0.39 is 0 Å². The van der Waals surface area contributed by atoms with Gasteiger partial charge in [-0.25, -0.2) is 0 Å². The van der Waals surface area contributed by atoms with Crippen LogP contribution in [0.2, 0.25) is 10.0 Å². The fourth-order valence-corrected chi connectivity index (χ4v) is 3.03. The van der Waals surface area contributed by atoms with Crippen molar-refractivity contribution in [1.29, 1.82) is 0 Å². The predicted molar refractivity (Wildman–Crippen MR) is 94.9 cm³/mol. The first-order valence-electron chi connectivity index (χ1n) is 6.93. The van der Waals surface area contributed by atoms with Crippen LogP contribution in [0.1, 0.15) is 0 Å². The second-order valence-corrected chi connectivity index (χ2v) is 6.02. The number of rotatable bonds is 1. The van der Waals surface area contributed by atoms with E-state index in [0.717, 1.165) is 33.9 Å². The van der Waals surface area contributed by atoms with E-state index in [1.54, 1.807) is 6.07 Å². The maximum absolute atomic E-state index is 6.30. The molecule has 0 aromatic heterocycles. The van der Waals surface area contributed by atoms with Crippen molar-refractivity contribution >= 4 is 46.0 Å². The molecule has 0 atom stereocenters. The first-order valence-corrected chi connectivity index (χ1v) is 7.69. The molecule has 1 heterocycles. The van der Waals surface area contributed by atoms with Crippen molar-refractivity contribution < 1.29 is 0 Å². The van der Waals surface area contributed by atoms with E-state index in [0.29, 0.717) is 10.0 Å². The van der Waals surface area contributed by atoms with Crippen molar-refractivity contribution in [2.24, 2.45) is 0 Å². The highest BCUT2D eigenvalue weighted by atomic mass is 35.5. The van der Waals surface area contributed by atoms with E-state index in [4.69, 9.17) is 23.2 Å². The molecule has 0 bridgehead atoms. The van der Waals surface area contributed by atoms with Crippen LogP contribution in [0.25, 0.3) is 11.1 Å². The lowest BCUT2D eigenvalue weighted by atomic mass is 10.0. The van der Waals surface area contributed by atoms with E-state index in [1.165, 1.54) is 0 Å². The van der Waals surface area contributed by atoms with Crippen molar-refractivity contribution in [3.8, 4) is 11.1 Å². The molecule has 2 nitrogen and oxygen atoms in total. The smallest absolute Gasteiger partial charge is 0.0630 e. The van der Waals surface area contributed by atoms with Crippen molar-refractivity contribution in [3.63, 3.8) is 0 Å². The number of hydrogen-bond donors (Lipinski definition) is 2. The Morgan fingerprint density at radius 2 is 1.32 bits per heavy atom. The second kappa shape index (κ2) is 5.24. The van der Waals surface area contributed by atoms with Gasteiger partial charge in [0, 0.05) is 15.6 Å². The molecule has 3 aromatic rings. The predicted octanol–water partition coefficient (Wildman–Crippen LogP) is 6.46. The van der Waals surface area contributed by atoms with Gasteiger partial charge in [0.2, 0.25) is 0 Å². The summed E-state index contributed by atoms with van der Waals surface area (Å²) in [4.78, 5) is 0. The van der Waals surface area contributed by atoms with Crippen LogP contribution >= 0.6 is 23.2 Å². The molecule has 0 fully saturated rings. The summed E-state index contributed by atoms with van der Waals surface area (Å²) in [6, 6.07) is 19.8. The second-order valence-electron chi connectivity index (χ2n) is 5.18. The molecule has 1 aliphatic heterocycles. The molecule has 2 N–H and O–H groups in total. The maximum atomic E-state index is 6.30. The fourth-order valence-electron chi connectivity index (χ4n) is 2.63. The van der Waals surface area contributed by atoms with Crippen LogP contribution in [0.3, 0.4) is 0 Å². The molecule has 3 aromatic carbocycles. The largest absolute Gasteiger partial charge is 0.352 e. The molecular formula is C18H12Cl2N2. The minimum atomic E-state index is 0.675. The molecule has 1 aliphatic rings. The molecule has 0 radical (unpaired) electrons. The molecule has 22 heavy (non-hydrogen) atoms. The summed E-state index contributed by atoms with van der Waals surface area (Å²) >= 11 is 12.4. The lowest BCUT2D eigenvalue weighted by Crippen LogP contribution is -2.05. The molecule has 0 amide bonds. The fraction of sp³-hybridized carbons (Fsp3) is 0. The Bertz CT molecular complexity index is 875. The van der Waals surface area contributed by atoms with Crippen LogP contribution in [-0.2, 0) is 0 Å². The number of halogens is 2. The highest BCUT2D eigenvalue weighted by Crippen LogP contribution is 2.41. The summed E-state index contributed by atoms with van der Waals surface area (Å²) < 4.78 is 0. The van der Waals surface area contributed by atoms with Crippen molar-refractivity contribution in [3.05, 3.63) is 70.7 Å². The highest BCUT2D eigenvalue weighted by molar-refractivity contribution is 6.35. The van der Waals surface area contributed by atoms with E-state index in [-0.39, 0.29) is 0 Å². The monoisotopic (exact) mass is 326 g/mol. The first kappa shape index (κ1) is 13.5. The molecule has 0 unspecified atom stereocenters. The SMILES string of the molecule is Clc1ccc(Cl)c(-c2ccc3c(c2)Nc2ccccc2N3)c1. The Hall–Kier alpha value is -2.16. The van der Waals surface area contributed by atoms with Gasteiger partial charge in [0.15, 0.2) is 0 Å². The number of hydrogen-bond acceptors (Lipinski definition) is 2. The molecular weight excluding hydrogens is 315 g/mol. The topological polar surface area (TPSA) is 24.1 Å². The number of fused-ring (bicyclic) bond motifs is 2. The number of benzene rings is 3. The maximum Gasteiger partial charge on any atom is 0.0630 e. The molecule has 0 saturated carbocycles. The van der Waals surface area contributed by atoms with Gasteiger partial charge in [0.05, 0.1) is 22.7 Å². The zero-order valence-corrected chi connectivity index (χ0v) is 13.0. The molecule has 0 saturated heterocycles. The minimum Gasteiger partial charge on any atom is -0.352 e. The van der Waals surface area contributed by atoms with Gasteiger partial charge in [0.1, 0.15) is 0 Å². The highest BCUT2D eigenvalue weighted by Gasteiger charge is 2.15. The van der Waals surface area contributed by atoms with Gasteiger partial charge in [-0.2, -0.15) is 0 Å². The molecule has 0 spiro atoms. The van der Waals surface area contributed by atoms with Gasteiger partial charge in [0.25, 0.3) is 0 Å². The Kier molecular flexibility index (Phi) is 3.21. The summed E-state index contributed by atoms with van der Waals surface area (Å²) in [5.41, 5.74) is 6.15. The third-order valence-corrected chi connectivity index (χ3v) is 4.29. The van der Waals surface area contributed by atoms with Gasteiger partial charge in [-0.15, -0.1) is 0 Å². The Labute approximate surface area is 138 Å². The Morgan fingerprint density at radius 1 is 0.636 bits per heavy atom. The van der Waals surface area contributed by atoms with Crippen LogP contribution in [0.5, 0.6) is 0 Å². The molecule has 4 heteroatoms. The Balaban J connectivity index is 1.79. The summed E-state index contributed by atoms with van der Waals surface area (Å²) in [5.74, 6) is 0. The lowest BCUT2D eigenvalue weighted by Gasteiger charge is -2.23. The van der Waals surface area contributed by atoms with Crippen LogP contribution in [0.4, 0.5) is 22.7 Å². The average molecular weight is 327 g/mol. The zero-order chi connectivity index (χ0) is 15.1. The molecule has 4 rings (SSSR count). The lowest BCUT2D eigenvalue weighted by molar-refractivity contribution is 1.44. The molecule has 108 valence electrons. The third-order valence-electron chi connectivity index (χ3n) is 3.72. The summed E-state index contributed by atoms with van der Waals surface area (Å²) in [7, 11) is 0. The van der Waals surface area contributed by atoms with Crippen LogP contribution in [0.15, 0.2) is 60.7 Å². The van der Waals surface area contributed by atoms with Gasteiger partial charge in [-0.05, 0) is 48.0 Å². The summed E-state index contributed by atoms with van der Waals surface area (Å²) in [6.45, 7) is 0. The summed E-state index contributed by atoms with van der Waals surface area (Å²) in [6.07, 6.45) is 0. The van der Waals surface area contributed by atoms with Crippen LogP contribution in [-0.4, -0.2) is 0 Å². The van der Waals surface area contributed by atoms with E-state index >= 15 is 0 Å². The molecule has 0 aliphatic carbocycles. The van der Waals surface area contributed by atoms with E-state index in [1.807, 2.05) is 48.5 Å². The van der Waals surface area contributed by atoms with Gasteiger partial charge in [-0.1, -0.05) is 41.4 Å². The van der Waals surface area contributed by atoms with Crippen LogP contribution in [0, 0.1) is 0 Å². The quantitative estimate of drug-likeness (QED) is 0.419. The third kappa shape index (κ3) is 2.31. The normalized spacial score (nSPS) is 11.9. The zero-order valence-electron chi connectivity index (χ0n) is 11.5. The van der Waals surface area contributed by atoms with Gasteiger partial charge >= 0.3 is 0 Å². The van der Waals surface area contributed by atoms with Crippen molar-refractivity contribution in [2.45, 2.75) is 0 Å². The van der Waals surface area contributed by atoms with Crippen molar-refractivity contribution in [1.82, 2.24) is 0 Å². The van der Waals surface area contributed by atoms with E-state index in [9.17, 15) is 0 Å². The van der Waals surface area contributed by atoms with Gasteiger partial charge < -0.3 is 10.6 Å². The average Bonchev–Trinajstić information content (AvgIpc) is 2.54. The van der Waals surface area contributed by atoms with Gasteiger partial charge in [-0.3, -0.25) is 0 Å².